The Labute approximate surface area is 96.0 Å². The molecule has 4 heteroatoms. The SMILES string of the molecule is OC(Cc1cc(F)cc(F)c1)c1cccs1. The van der Waals surface area contributed by atoms with Gasteiger partial charge in [0.05, 0.1) is 6.10 Å². The summed E-state index contributed by atoms with van der Waals surface area (Å²) >= 11 is 1.42. The lowest BCUT2D eigenvalue weighted by molar-refractivity contribution is 0.182. The molecular formula is C12H10F2OS. The molecule has 16 heavy (non-hydrogen) atoms. The van der Waals surface area contributed by atoms with Crippen molar-refractivity contribution in [1.82, 2.24) is 0 Å². The molecule has 2 rings (SSSR count). The van der Waals surface area contributed by atoms with Gasteiger partial charge in [0.25, 0.3) is 0 Å². The van der Waals surface area contributed by atoms with Gasteiger partial charge >= 0.3 is 0 Å². The maximum atomic E-state index is 12.9. The van der Waals surface area contributed by atoms with Crippen LogP contribution in [0.15, 0.2) is 35.7 Å². The van der Waals surface area contributed by atoms with E-state index in [1.54, 1.807) is 6.07 Å². The summed E-state index contributed by atoms with van der Waals surface area (Å²) < 4.78 is 25.8. The number of aliphatic hydroxyl groups excluding tert-OH is 1. The highest BCUT2D eigenvalue weighted by molar-refractivity contribution is 7.10. The highest BCUT2D eigenvalue weighted by Crippen LogP contribution is 2.23. The van der Waals surface area contributed by atoms with E-state index in [-0.39, 0.29) is 6.42 Å². The normalized spacial score (nSPS) is 12.7. The molecule has 84 valence electrons. The first-order chi connectivity index (χ1) is 7.65. The molecule has 2 aromatic rings. The molecule has 0 radical (unpaired) electrons. The number of rotatable bonds is 3. The maximum Gasteiger partial charge on any atom is 0.126 e. The summed E-state index contributed by atoms with van der Waals surface area (Å²) in [6.07, 6.45) is -0.490. The predicted octanol–water partition coefficient (Wildman–Crippen LogP) is 3.30. The van der Waals surface area contributed by atoms with Gasteiger partial charge in [-0.2, -0.15) is 0 Å². The lowest BCUT2D eigenvalue weighted by Crippen LogP contribution is -2.00. The van der Waals surface area contributed by atoms with Crippen LogP contribution in [0, 0.1) is 11.6 Å². The van der Waals surface area contributed by atoms with Gasteiger partial charge in [0.2, 0.25) is 0 Å². The van der Waals surface area contributed by atoms with Crippen molar-refractivity contribution in [2.75, 3.05) is 0 Å². The Morgan fingerprint density at radius 1 is 1.19 bits per heavy atom. The molecular weight excluding hydrogens is 230 g/mol. The smallest absolute Gasteiger partial charge is 0.126 e. The quantitative estimate of drug-likeness (QED) is 0.872. The van der Waals surface area contributed by atoms with E-state index in [2.05, 4.69) is 0 Å². The second-order valence-electron chi connectivity index (χ2n) is 3.51. The van der Waals surface area contributed by atoms with Crippen LogP contribution in [0.1, 0.15) is 16.5 Å². The molecule has 1 nitrogen and oxygen atoms in total. The first kappa shape index (κ1) is 11.2. The van der Waals surface area contributed by atoms with Crippen LogP contribution in [-0.2, 0) is 6.42 Å². The molecule has 0 aliphatic rings. The van der Waals surface area contributed by atoms with Gasteiger partial charge in [-0.1, -0.05) is 6.07 Å². The predicted molar refractivity (Wildman–Crippen MR) is 59.3 cm³/mol. The fraction of sp³-hybridized carbons (Fsp3) is 0.167. The van der Waals surface area contributed by atoms with Crippen LogP contribution >= 0.6 is 11.3 Å². The Morgan fingerprint density at radius 2 is 1.88 bits per heavy atom. The summed E-state index contributed by atoms with van der Waals surface area (Å²) in [7, 11) is 0. The number of hydrogen-bond acceptors (Lipinski definition) is 2. The molecule has 0 aliphatic carbocycles. The van der Waals surface area contributed by atoms with Crippen LogP contribution in [0.3, 0.4) is 0 Å². The average Bonchev–Trinajstić information content (AvgIpc) is 2.68. The molecule has 0 saturated carbocycles. The highest BCUT2D eigenvalue weighted by atomic mass is 32.1. The van der Waals surface area contributed by atoms with E-state index in [4.69, 9.17) is 0 Å². The van der Waals surface area contributed by atoms with Crippen molar-refractivity contribution in [2.24, 2.45) is 0 Å². The number of benzene rings is 1. The van der Waals surface area contributed by atoms with Gasteiger partial charge in [-0.3, -0.25) is 0 Å². The standard InChI is InChI=1S/C12H10F2OS/c13-9-4-8(5-10(14)7-9)6-11(15)12-2-1-3-16-12/h1-5,7,11,15H,6H2. The van der Waals surface area contributed by atoms with Gasteiger partial charge in [-0.05, 0) is 29.1 Å². The topological polar surface area (TPSA) is 20.2 Å². The van der Waals surface area contributed by atoms with Crippen molar-refractivity contribution >= 4 is 11.3 Å². The lowest BCUT2D eigenvalue weighted by Gasteiger charge is -2.08. The minimum absolute atomic E-state index is 0.217. The molecule has 1 N–H and O–H groups in total. The van der Waals surface area contributed by atoms with Crippen LogP contribution in [0.2, 0.25) is 0 Å². The number of halogens is 2. The summed E-state index contributed by atoms with van der Waals surface area (Å²) in [5.41, 5.74) is 0.457. The fourth-order valence-electron chi connectivity index (χ4n) is 1.53. The van der Waals surface area contributed by atoms with Gasteiger partial charge in [-0.15, -0.1) is 11.3 Å². The van der Waals surface area contributed by atoms with E-state index < -0.39 is 17.7 Å². The van der Waals surface area contributed by atoms with Crippen LogP contribution in [-0.4, -0.2) is 5.11 Å². The van der Waals surface area contributed by atoms with Crippen molar-refractivity contribution in [2.45, 2.75) is 12.5 Å². The lowest BCUT2D eigenvalue weighted by atomic mass is 10.1. The van der Waals surface area contributed by atoms with E-state index in [1.165, 1.54) is 23.5 Å². The summed E-state index contributed by atoms with van der Waals surface area (Å²) in [6, 6.07) is 6.92. The van der Waals surface area contributed by atoms with Crippen molar-refractivity contribution in [3.8, 4) is 0 Å². The zero-order valence-corrected chi connectivity index (χ0v) is 9.18. The van der Waals surface area contributed by atoms with E-state index in [9.17, 15) is 13.9 Å². The number of hydrogen-bond donors (Lipinski definition) is 1. The van der Waals surface area contributed by atoms with Crippen molar-refractivity contribution in [3.63, 3.8) is 0 Å². The van der Waals surface area contributed by atoms with E-state index in [1.807, 2.05) is 11.4 Å². The van der Waals surface area contributed by atoms with E-state index in [0.29, 0.717) is 5.56 Å². The van der Waals surface area contributed by atoms with Crippen molar-refractivity contribution in [1.29, 1.82) is 0 Å². The average molecular weight is 240 g/mol. The first-order valence-corrected chi connectivity index (χ1v) is 5.69. The van der Waals surface area contributed by atoms with Gasteiger partial charge in [-0.25, -0.2) is 8.78 Å². The van der Waals surface area contributed by atoms with Gasteiger partial charge in [0.15, 0.2) is 0 Å². The Balaban J connectivity index is 2.15. The van der Waals surface area contributed by atoms with Crippen LogP contribution < -0.4 is 0 Å². The Kier molecular flexibility index (Phi) is 3.31. The summed E-state index contributed by atoms with van der Waals surface area (Å²) in [5, 5.41) is 11.7. The molecule has 0 aliphatic heterocycles. The number of thiophene rings is 1. The Morgan fingerprint density at radius 3 is 2.44 bits per heavy atom. The molecule has 1 aromatic heterocycles. The molecule has 1 heterocycles. The second-order valence-corrected chi connectivity index (χ2v) is 4.49. The second kappa shape index (κ2) is 4.72. The van der Waals surface area contributed by atoms with E-state index in [0.717, 1.165) is 10.9 Å². The fourth-order valence-corrected chi connectivity index (χ4v) is 2.25. The Hall–Kier alpha value is -1.26. The van der Waals surface area contributed by atoms with E-state index >= 15 is 0 Å². The van der Waals surface area contributed by atoms with Crippen molar-refractivity contribution in [3.05, 3.63) is 57.8 Å². The largest absolute Gasteiger partial charge is 0.387 e. The monoisotopic (exact) mass is 240 g/mol. The third kappa shape index (κ3) is 2.65. The van der Waals surface area contributed by atoms with Crippen LogP contribution in [0.4, 0.5) is 8.78 Å². The van der Waals surface area contributed by atoms with Crippen LogP contribution in [0.25, 0.3) is 0 Å². The third-order valence-electron chi connectivity index (χ3n) is 2.22. The Bertz CT molecular complexity index is 448. The molecule has 0 spiro atoms. The third-order valence-corrected chi connectivity index (χ3v) is 3.20. The summed E-state index contributed by atoms with van der Waals surface area (Å²) in [6.45, 7) is 0. The summed E-state index contributed by atoms with van der Waals surface area (Å²) in [4.78, 5) is 0.796. The molecule has 0 fully saturated rings. The minimum atomic E-state index is -0.707. The van der Waals surface area contributed by atoms with Gasteiger partial charge in [0, 0.05) is 17.4 Å². The molecule has 0 saturated heterocycles. The van der Waals surface area contributed by atoms with Crippen molar-refractivity contribution < 1.29 is 13.9 Å². The highest BCUT2D eigenvalue weighted by Gasteiger charge is 2.10. The molecule has 0 amide bonds. The van der Waals surface area contributed by atoms with Gasteiger partial charge < -0.3 is 5.11 Å². The zero-order chi connectivity index (χ0) is 11.5. The molecule has 1 atom stereocenters. The summed E-state index contributed by atoms with van der Waals surface area (Å²) in [5.74, 6) is -1.23. The molecule has 1 aromatic carbocycles. The first-order valence-electron chi connectivity index (χ1n) is 4.81. The maximum absolute atomic E-state index is 12.9. The molecule has 1 unspecified atom stereocenters. The minimum Gasteiger partial charge on any atom is -0.387 e. The number of aliphatic hydroxyl groups is 1. The zero-order valence-electron chi connectivity index (χ0n) is 8.36. The van der Waals surface area contributed by atoms with Crippen LogP contribution in [0.5, 0.6) is 0 Å². The van der Waals surface area contributed by atoms with Gasteiger partial charge in [0.1, 0.15) is 11.6 Å². The molecule has 0 bridgehead atoms.